The average Bonchev–Trinajstić information content (AvgIpc) is 2.36. The molecule has 21 heavy (non-hydrogen) atoms. The molecule has 8 heteroatoms. The maximum Gasteiger partial charge on any atom is 0.271 e. The SMILES string of the molecule is Cc1cc([N+](=O)[O-])cc(S(=O)(=O)NC2(CO)CCC2)c1C. The fourth-order valence-electron chi connectivity index (χ4n) is 2.43. The smallest absolute Gasteiger partial charge is 0.271 e. The number of rotatable bonds is 5. The Morgan fingerprint density at radius 3 is 2.43 bits per heavy atom. The van der Waals surface area contributed by atoms with E-state index in [4.69, 9.17) is 0 Å². The molecule has 1 aliphatic carbocycles. The summed E-state index contributed by atoms with van der Waals surface area (Å²) in [5, 5.41) is 20.3. The number of hydrogen-bond acceptors (Lipinski definition) is 5. The number of non-ortho nitro benzene ring substituents is 1. The third-order valence-electron chi connectivity index (χ3n) is 4.07. The second-order valence-electron chi connectivity index (χ2n) is 5.54. The molecule has 0 spiro atoms. The number of aliphatic hydroxyl groups is 1. The van der Waals surface area contributed by atoms with Crippen molar-refractivity contribution in [3.05, 3.63) is 33.4 Å². The van der Waals surface area contributed by atoms with Gasteiger partial charge in [-0.05, 0) is 44.2 Å². The molecule has 0 radical (unpaired) electrons. The van der Waals surface area contributed by atoms with Gasteiger partial charge in [0.15, 0.2) is 0 Å². The Morgan fingerprint density at radius 2 is 2.00 bits per heavy atom. The number of nitro groups is 1. The Balaban J connectivity index is 2.46. The largest absolute Gasteiger partial charge is 0.394 e. The van der Waals surface area contributed by atoms with E-state index in [1.807, 2.05) is 0 Å². The standard InChI is InChI=1S/C13H18N2O5S/c1-9-6-11(15(17)18)7-12(10(9)2)21(19,20)14-13(8-16)4-3-5-13/h6-7,14,16H,3-5,8H2,1-2H3. The van der Waals surface area contributed by atoms with Crippen molar-refractivity contribution in [2.45, 2.75) is 43.5 Å². The lowest BCUT2D eigenvalue weighted by molar-refractivity contribution is -0.385. The quantitative estimate of drug-likeness (QED) is 0.630. The van der Waals surface area contributed by atoms with E-state index in [1.54, 1.807) is 13.8 Å². The molecule has 0 aromatic heterocycles. The second-order valence-corrected chi connectivity index (χ2v) is 7.19. The van der Waals surface area contributed by atoms with Gasteiger partial charge in [0.1, 0.15) is 0 Å². The molecule has 2 rings (SSSR count). The van der Waals surface area contributed by atoms with Crippen molar-refractivity contribution in [1.82, 2.24) is 4.72 Å². The van der Waals surface area contributed by atoms with E-state index < -0.39 is 20.5 Å². The summed E-state index contributed by atoms with van der Waals surface area (Å²) in [4.78, 5) is 10.2. The molecule has 7 nitrogen and oxygen atoms in total. The highest BCUT2D eigenvalue weighted by molar-refractivity contribution is 7.89. The maximum atomic E-state index is 12.5. The first-order chi connectivity index (χ1) is 9.71. The minimum absolute atomic E-state index is 0.103. The molecule has 0 aliphatic heterocycles. The first kappa shape index (κ1) is 15.9. The summed E-state index contributed by atoms with van der Waals surface area (Å²) < 4.78 is 27.5. The first-order valence-corrected chi connectivity index (χ1v) is 8.10. The fourth-order valence-corrected chi connectivity index (χ4v) is 4.22. The van der Waals surface area contributed by atoms with Crippen LogP contribution in [0.2, 0.25) is 0 Å². The normalized spacial score (nSPS) is 17.3. The van der Waals surface area contributed by atoms with Crippen molar-refractivity contribution in [2.75, 3.05) is 6.61 Å². The number of sulfonamides is 1. The van der Waals surface area contributed by atoms with Crippen LogP contribution in [-0.2, 0) is 10.0 Å². The van der Waals surface area contributed by atoms with Crippen LogP contribution in [0.1, 0.15) is 30.4 Å². The zero-order chi connectivity index (χ0) is 15.8. The fraction of sp³-hybridized carbons (Fsp3) is 0.538. The van der Waals surface area contributed by atoms with Crippen molar-refractivity contribution in [3.63, 3.8) is 0 Å². The Hall–Kier alpha value is -1.51. The van der Waals surface area contributed by atoms with Crippen molar-refractivity contribution < 1.29 is 18.4 Å². The molecule has 0 amide bonds. The number of nitrogens with one attached hydrogen (secondary N) is 1. The molecule has 1 aromatic carbocycles. The highest BCUT2D eigenvalue weighted by Crippen LogP contribution is 2.34. The van der Waals surface area contributed by atoms with Gasteiger partial charge in [-0.3, -0.25) is 10.1 Å². The molecule has 1 aromatic rings. The highest BCUT2D eigenvalue weighted by atomic mass is 32.2. The number of nitrogens with zero attached hydrogens (tertiary/aromatic N) is 1. The van der Waals surface area contributed by atoms with Crippen LogP contribution in [0, 0.1) is 24.0 Å². The zero-order valence-electron chi connectivity index (χ0n) is 11.9. The van der Waals surface area contributed by atoms with Crippen LogP contribution in [0.5, 0.6) is 0 Å². The van der Waals surface area contributed by atoms with Crippen molar-refractivity contribution in [2.24, 2.45) is 0 Å². The lowest BCUT2D eigenvalue weighted by Gasteiger charge is -2.40. The summed E-state index contributed by atoms with van der Waals surface area (Å²) in [5.74, 6) is 0. The Kier molecular flexibility index (Phi) is 4.05. The van der Waals surface area contributed by atoms with E-state index in [0.717, 1.165) is 12.5 Å². The molecule has 1 fully saturated rings. The van der Waals surface area contributed by atoms with Crippen LogP contribution in [-0.4, -0.2) is 30.6 Å². The van der Waals surface area contributed by atoms with Crippen LogP contribution in [0.25, 0.3) is 0 Å². The Bertz CT molecular complexity index is 675. The van der Waals surface area contributed by atoms with Gasteiger partial charge < -0.3 is 5.11 Å². The molecule has 116 valence electrons. The van der Waals surface area contributed by atoms with Gasteiger partial charge in [0.2, 0.25) is 10.0 Å². The van der Waals surface area contributed by atoms with Gasteiger partial charge >= 0.3 is 0 Å². The van der Waals surface area contributed by atoms with Crippen LogP contribution >= 0.6 is 0 Å². The predicted molar refractivity (Wildman–Crippen MR) is 76.6 cm³/mol. The van der Waals surface area contributed by atoms with E-state index in [9.17, 15) is 23.6 Å². The number of benzene rings is 1. The van der Waals surface area contributed by atoms with Gasteiger partial charge in [0.25, 0.3) is 5.69 Å². The third kappa shape index (κ3) is 2.92. The first-order valence-electron chi connectivity index (χ1n) is 6.61. The summed E-state index contributed by atoms with van der Waals surface area (Å²) in [7, 11) is -3.91. The second kappa shape index (κ2) is 5.36. The van der Waals surface area contributed by atoms with Crippen molar-refractivity contribution in [1.29, 1.82) is 0 Å². The molecule has 1 saturated carbocycles. The number of hydrogen-bond donors (Lipinski definition) is 2. The topological polar surface area (TPSA) is 110 Å². The molecule has 2 N–H and O–H groups in total. The number of aryl methyl sites for hydroxylation is 1. The minimum atomic E-state index is -3.91. The van der Waals surface area contributed by atoms with Crippen LogP contribution < -0.4 is 4.72 Å². The molecule has 0 bridgehead atoms. The monoisotopic (exact) mass is 314 g/mol. The van der Waals surface area contributed by atoms with Crippen molar-refractivity contribution in [3.8, 4) is 0 Å². The summed E-state index contributed by atoms with van der Waals surface area (Å²) in [6.45, 7) is 2.96. The van der Waals surface area contributed by atoms with E-state index in [0.29, 0.717) is 24.0 Å². The molecule has 1 aliphatic rings. The van der Waals surface area contributed by atoms with Gasteiger partial charge in [-0.15, -0.1) is 0 Å². The van der Waals surface area contributed by atoms with E-state index >= 15 is 0 Å². The summed E-state index contributed by atoms with van der Waals surface area (Å²) in [5.41, 5.74) is -0.0778. The van der Waals surface area contributed by atoms with Crippen LogP contribution in [0.15, 0.2) is 17.0 Å². The maximum absolute atomic E-state index is 12.5. The van der Waals surface area contributed by atoms with E-state index in [-0.39, 0.29) is 17.2 Å². The van der Waals surface area contributed by atoms with Gasteiger partial charge in [0, 0.05) is 12.1 Å². The van der Waals surface area contributed by atoms with Gasteiger partial charge in [-0.2, -0.15) is 0 Å². The highest BCUT2D eigenvalue weighted by Gasteiger charge is 2.41. The molecular formula is C13H18N2O5S. The van der Waals surface area contributed by atoms with Crippen molar-refractivity contribution >= 4 is 15.7 Å². The molecular weight excluding hydrogens is 296 g/mol. The minimum Gasteiger partial charge on any atom is -0.394 e. The van der Waals surface area contributed by atoms with E-state index in [1.165, 1.54) is 6.07 Å². The van der Waals surface area contributed by atoms with E-state index in [2.05, 4.69) is 4.72 Å². The summed E-state index contributed by atoms with van der Waals surface area (Å²) >= 11 is 0. The molecule has 0 atom stereocenters. The Morgan fingerprint density at radius 1 is 1.38 bits per heavy atom. The third-order valence-corrected chi connectivity index (χ3v) is 5.77. The van der Waals surface area contributed by atoms with Crippen LogP contribution in [0.3, 0.4) is 0 Å². The lowest BCUT2D eigenvalue weighted by Crippen LogP contribution is -2.56. The van der Waals surface area contributed by atoms with Crippen LogP contribution in [0.4, 0.5) is 5.69 Å². The summed E-state index contributed by atoms with van der Waals surface area (Å²) in [6.07, 6.45) is 1.97. The Labute approximate surface area is 123 Å². The number of aliphatic hydroxyl groups excluding tert-OH is 1. The zero-order valence-corrected chi connectivity index (χ0v) is 12.7. The average molecular weight is 314 g/mol. The molecule has 0 saturated heterocycles. The van der Waals surface area contributed by atoms with Gasteiger partial charge in [-0.1, -0.05) is 0 Å². The van der Waals surface area contributed by atoms with Gasteiger partial charge in [0.05, 0.1) is 22.0 Å². The molecule has 0 unspecified atom stereocenters. The predicted octanol–water partition coefficient (Wildman–Crippen LogP) is 1.40. The molecule has 0 heterocycles. The lowest BCUT2D eigenvalue weighted by atomic mass is 9.78. The van der Waals surface area contributed by atoms with Gasteiger partial charge in [-0.25, -0.2) is 13.1 Å². The number of nitro benzene ring substituents is 1. The summed E-state index contributed by atoms with van der Waals surface area (Å²) in [6, 6.07) is 2.41.